The van der Waals surface area contributed by atoms with Crippen molar-refractivity contribution in [1.29, 1.82) is 0 Å². The minimum atomic E-state index is -0.0638. The van der Waals surface area contributed by atoms with Gasteiger partial charge in [0.1, 0.15) is 11.9 Å². The molecule has 1 saturated heterocycles. The lowest BCUT2D eigenvalue weighted by molar-refractivity contribution is -0.131. The van der Waals surface area contributed by atoms with Crippen LogP contribution >= 0.6 is 0 Å². The average Bonchev–Trinajstić information content (AvgIpc) is 3.26. The average molecular weight is 371 g/mol. The van der Waals surface area contributed by atoms with Gasteiger partial charge < -0.3 is 18.8 Å². The van der Waals surface area contributed by atoms with Crippen LogP contribution in [-0.4, -0.2) is 49.8 Å². The van der Waals surface area contributed by atoms with Crippen LogP contribution in [0, 0.1) is 6.92 Å². The molecule has 2 aliphatic rings. The third-order valence-corrected chi connectivity index (χ3v) is 5.44. The molecule has 0 aliphatic carbocycles. The Morgan fingerprint density at radius 3 is 2.93 bits per heavy atom. The molecule has 8 heteroatoms. The van der Waals surface area contributed by atoms with E-state index in [9.17, 15) is 9.59 Å². The first-order chi connectivity index (χ1) is 13.1. The molecule has 27 heavy (non-hydrogen) atoms. The van der Waals surface area contributed by atoms with Crippen LogP contribution in [0.25, 0.3) is 0 Å². The maximum atomic E-state index is 12.7. The molecule has 2 aromatic heterocycles. The van der Waals surface area contributed by atoms with Crippen LogP contribution in [0.2, 0.25) is 0 Å². The number of ether oxygens (including phenoxy) is 1. The molecule has 0 saturated carbocycles. The number of aromatic nitrogens is 4. The molecular formula is C19H25N5O3. The van der Waals surface area contributed by atoms with Crippen LogP contribution < -0.4 is 5.56 Å². The number of hydrogen-bond donors (Lipinski definition) is 0. The SMILES string of the molecule is Cc1cccc(=O)n1CCC(=O)N1CCc2nnc([C@@H]3CCCO3)n2CC1. The molecule has 0 bridgehead atoms. The summed E-state index contributed by atoms with van der Waals surface area (Å²) in [7, 11) is 0. The van der Waals surface area contributed by atoms with Crippen molar-refractivity contribution in [2.75, 3.05) is 19.7 Å². The predicted molar refractivity (Wildman–Crippen MR) is 98.3 cm³/mol. The Kier molecular flexibility index (Phi) is 5.07. The van der Waals surface area contributed by atoms with Crippen LogP contribution in [-0.2, 0) is 29.0 Å². The van der Waals surface area contributed by atoms with Crippen molar-refractivity contribution >= 4 is 5.91 Å². The molecule has 0 radical (unpaired) electrons. The highest BCUT2D eigenvalue weighted by Crippen LogP contribution is 2.28. The minimum absolute atomic E-state index is 0.0291. The number of fused-ring (bicyclic) bond motifs is 1. The Labute approximate surface area is 157 Å². The Morgan fingerprint density at radius 2 is 2.15 bits per heavy atom. The van der Waals surface area contributed by atoms with Crippen LogP contribution in [0.3, 0.4) is 0 Å². The number of rotatable bonds is 4. The van der Waals surface area contributed by atoms with Crippen molar-refractivity contribution in [1.82, 2.24) is 24.2 Å². The quantitative estimate of drug-likeness (QED) is 0.803. The first-order valence-corrected chi connectivity index (χ1v) is 9.61. The highest BCUT2D eigenvalue weighted by Gasteiger charge is 2.27. The van der Waals surface area contributed by atoms with Crippen LogP contribution in [0.1, 0.15) is 42.7 Å². The molecule has 4 rings (SSSR count). The molecule has 0 aromatic carbocycles. The summed E-state index contributed by atoms with van der Waals surface area (Å²) in [5, 5.41) is 8.65. The largest absolute Gasteiger partial charge is 0.370 e. The van der Waals surface area contributed by atoms with E-state index in [0.717, 1.165) is 36.8 Å². The molecular weight excluding hydrogens is 346 g/mol. The van der Waals surface area contributed by atoms with E-state index in [1.807, 2.05) is 17.9 Å². The molecule has 0 N–H and O–H groups in total. The van der Waals surface area contributed by atoms with Gasteiger partial charge in [-0.3, -0.25) is 9.59 Å². The molecule has 0 unspecified atom stereocenters. The summed E-state index contributed by atoms with van der Waals surface area (Å²) in [6.07, 6.45) is 3.07. The van der Waals surface area contributed by atoms with Gasteiger partial charge in [-0.05, 0) is 25.8 Å². The van der Waals surface area contributed by atoms with Crippen molar-refractivity contribution in [3.63, 3.8) is 0 Å². The fraction of sp³-hybridized carbons (Fsp3) is 0.579. The summed E-state index contributed by atoms with van der Waals surface area (Å²) in [6, 6.07) is 5.16. The third kappa shape index (κ3) is 3.66. The highest BCUT2D eigenvalue weighted by molar-refractivity contribution is 5.76. The molecule has 4 heterocycles. The third-order valence-electron chi connectivity index (χ3n) is 5.44. The van der Waals surface area contributed by atoms with Crippen LogP contribution in [0.15, 0.2) is 23.0 Å². The van der Waals surface area contributed by atoms with Gasteiger partial charge in [-0.15, -0.1) is 10.2 Å². The maximum Gasteiger partial charge on any atom is 0.250 e. The molecule has 1 amide bonds. The topological polar surface area (TPSA) is 82.2 Å². The number of hydrogen-bond acceptors (Lipinski definition) is 5. The van der Waals surface area contributed by atoms with Gasteiger partial charge in [0, 0.05) is 57.4 Å². The number of carbonyl (C=O) groups is 1. The summed E-state index contributed by atoms with van der Waals surface area (Å²) < 4.78 is 9.53. The van der Waals surface area contributed by atoms with Crippen molar-refractivity contribution in [2.45, 2.75) is 51.8 Å². The molecule has 8 nitrogen and oxygen atoms in total. The van der Waals surface area contributed by atoms with E-state index in [2.05, 4.69) is 14.8 Å². The van der Waals surface area contributed by atoms with E-state index in [4.69, 9.17) is 4.74 Å². The van der Waals surface area contributed by atoms with Gasteiger partial charge in [0.15, 0.2) is 5.82 Å². The lowest BCUT2D eigenvalue weighted by Gasteiger charge is -2.21. The monoisotopic (exact) mass is 371 g/mol. The second kappa shape index (κ2) is 7.64. The van der Waals surface area contributed by atoms with Gasteiger partial charge in [-0.1, -0.05) is 6.07 Å². The summed E-state index contributed by atoms with van der Waals surface area (Å²) in [5.74, 6) is 1.89. The molecule has 1 fully saturated rings. The molecule has 144 valence electrons. The lowest BCUT2D eigenvalue weighted by Crippen LogP contribution is -2.35. The van der Waals surface area contributed by atoms with E-state index >= 15 is 0 Å². The fourth-order valence-corrected chi connectivity index (χ4v) is 3.89. The Hall–Kier alpha value is -2.48. The zero-order valence-electron chi connectivity index (χ0n) is 15.6. The normalized spacial score (nSPS) is 19.7. The van der Waals surface area contributed by atoms with Crippen molar-refractivity contribution in [2.24, 2.45) is 0 Å². The van der Waals surface area contributed by atoms with Crippen molar-refractivity contribution in [3.05, 3.63) is 45.9 Å². The Bertz CT molecular complexity index is 882. The van der Waals surface area contributed by atoms with Crippen molar-refractivity contribution in [3.8, 4) is 0 Å². The summed E-state index contributed by atoms with van der Waals surface area (Å²) in [5.41, 5.74) is 0.810. The van der Waals surface area contributed by atoms with E-state index < -0.39 is 0 Å². The standard InChI is InChI=1S/C19H25N5O3/c1-14-4-2-6-18(26)23(14)10-8-17(25)22-9-7-16-20-21-19(24(16)12-11-22)15-5-3-13-27-15/h2,4,6,15H,3,5,7-13H2,1H3/t15-/m0/s1. The first kappa shape index (κ1) is 17.9. The van der Waals surface area contributed by atoms with Crippen LogP contribution in [0.4, 0.5) is 0 Å². The minimum Gasteiger partial charge on any atom is -0.370 e. The number of pyridine rings is 1. The first-order valence-electron chi connectivity index (χ1n) is 9.61. The van der Waals surface area contributed by atoms with Gasteiger partial charge in [-0.2, -0.15) is 0 Å². The van der Waals surface area contributed by atoms with E-state index in [1.165, 1.54) is 6.07 Å². The van der Waals surface area contributed by atoms with Gasteiger partial charge >= 0.3 is 0 Å². The second-order valence-electron chi connectivity index (χ2n) is 7.17. The summed E-state index contributed by atoms with van der Waals surface area (Å²) in [4.78, 5) is 26.5. The molecule has 0 spiro atoms. The number of aryl methyl sites for hydroxylation is 1. The number of carbonyl (C=O) groups excluding carboxylic acids is 1. The summed E-state index contributed by atoms with van der Waals surface area (Å²) >= 11 is 0. The Morgan fingerprint density at radius 1 is 1.26 bits per heavy atom. The molecule has 2 aliphatic heterocycles. The van der Waals surface area contributed by atoms with E-state index in [-0.39, 0.29) is 17.6 Å². The van der Waals surface area contributed by atoms with Gasteiger partial charge in [0.05, 0.1) is 0 Å². The van der Waals surface area contributed by atoms with E-state index in [0.29, 0.717) is 39.0 Å². The van der Waals surface area contributed by atoms with Crippen LogP contribution in [0.5, 0.6) is 0 Å². The Balaban J connectivity index is 1.39. The molecule has 2 aromatic rings. The smallest absolute Gasteiger partial charge is 0.250 e. The second-order valence-corrected chi connectivity index (χ2v) is 7.17. The number of amides is 1. The fourth-order valence-electron chi connectivity index (χ4n) is 3.89. The maximum absolute atomic E-state index is 12.7. The van der Waals surface area contributed by atoms with E-state index in [1.54, 1.807) is 10.6 Å². The highest BCUT2D eigenvalue weighted by atomic mass is 16.5. The van der Waals surface area contributed by atoms with Crippen molar-refractivity contribution < 1.29 is 9.53 Å². The zero-order valence-corrected chi connectivity index (χ0v) is 15.6. The van der Waals surface area contributed by atoms with Gasteiger partial charge in [0.25, 0.3) is 5.56 Å². The number of nitrogens with zero attached hydrogens (tertiary/aromatic N) is 5. The predicted octanol–water partition coefficient (Wildman–Crippen LogP) is 1.07. The zero-order chi connectivity index (χ0) is 18.8. The molecule has 1 atom stereocenters. The van der Waals surface area contributed by atoms with Gasteiger partial charge in [0.2, 0.25) is 5.91 Å². The lowest BCUT2D eigenvalue weighted by atomic mass is 10.2. The summed E-state index contributed by atoms with van der Waals surface area (Å²) in [6.45, 7) is 5.02. The van der Waals surface area contributed by atoms with Gasteiger partial charge in [-0.25, -0.2) is 0 Å².